The molecule has 1 aliphatic heterocycles. The van der Waals surface area contributed by atoms with Crippen molar-refractivity contribution in [2.24, 2.45) is 0 Å². The summed E-state index contributed by atoms with van der Waals surface area (Å²) in [4.78, 5) is 27.0. The Labute approximate surface area is 160 Å². The summed E-state index contributed by atoms with van der Waals surface area (Å²) in [5.74, 6) is 0.489. The van der Waals surface area contributed by atoms with Crippen molar-refractivity contribution in [2.45, 2.75) is 32.7 Å². The Morgan fingerprint density at radius 1 is 1.04 bits per heavy atom. The summed E-state index contributed by atoms with van der Waals surface area (Å²) in [5, 5.41) is 2.93. The first-order valence-corrected chi connectivity index (χ1v) is 9.40. The molecule has 0 bridgehead atoms. The number of amides is 2. The lowest BCUT2D eigenvalue weighted by molar-refractivity contribution is 0.0724. The van der Waals surface area contributed by atoms with E-state index < -0.39 is 0 Å². The molecule has 0 atom stereocenters. The van der Waals surface area contributed by atoms with Crippen LogP contribution in [0.5, 0.6) is 5.75 Å². The summed E-state index contributed by atoms with van der Waals surface area (Å²) < 4.78 is 5.30. The fraction of sp³-hybridized carbons (Fsp3) is 0.364. The van der Waals surface area contributed by atoms with Gasteiger partial charge in [-0.15, -0.1) is 0 Å². The van der Waals surface area contributed by atoms with Crippen molar-refractivity contribution in [1.82, 2.24) is 10.2 Å². The van der Waals surface area contributed by atoms with E-state index in [1.54, 1.807) is 13.2 Å². The van der Waals surface area contributed by atoms with E-state index in [1.807, 2.05) is 48.2 Å². The van der Waals surface area contributed by atoms with Gasteiger partial charge in [-0.1, -0.05) is 24.3 Å². The van der Waals surface area contributed by atoms with Crippen LogP contribution >= 0.6 is 0 Å². The summed E-state index contributed by atoms with van der Waals surface area (Å²) in [6.45, 7) is 3.97. The molecule has 5 heteroatoms. The zero-order valence-corrected chi connectivity index (χ0v) is 16.0. The number of likely N-dealkylation sites (tertiary alicyclic amines) is 1. The van der Waals surface area contributed by atoms with Crippen LogP contribution in [0.15, 0.2) is 42.5 Å². The SMILES string of the molecule is COc1cccc(C)c1C(=O)NCc1ccc(C(=O)N2CCCCC2)cc1. The third-order valence-electron chi connectivity index (χ3n) is 4.98. The summed E-state index contributed by atoms with van der Waals surface area (Å²) in [6, 6.07) is 13.0. The average Bonchev–Trinajstić information content (AvgIpc) is 2.72. The van der Waals surface area contributed by atoms with E-state index >= 15 is 0 Å². The van der Waals surface area contributed by atoms with Crippen LogP contribution in [0.1, 0.15) is 51.1 Å². The van der Waals surface area contributed by atoms with Gasteiger partial charge in [0, 0.05) is 25.2 Å². The molecule has 2 amide bonds. The monoisotopic (exact) mass is 366 g/mol. The molecule has 2 aromatic carbocycles. The van der Waals surface area contributed by atoms with Crippen LogP contribution in [0.2, 0.25) is 0 Å². The molecular weight excluding hydrogens is 340 g/mol. The molecule has 142 valence electrons. The molecule has 0 spiro atoms. The molecule has 0 radical (unpaired) electrons. The quantitative estimate of drug-likeness (QED) is 0.880. The lowest BCUT2D eigenvalue weighted by Crippen LogP contribution is -2.35. The molecule has 0 aliphatic carbocycles. The summed E-state index contributed by atoms with van der Waals surface area (Å²) in [5.41, 5.74) is 3.07. The van der Waals surface area contributed by atoms with Crippen LogP contribution in [0.25, 0.3) is 0 Å². The number of piperidine rings is 1. The Morgan fingerprint density at radius 2 is 1.74 bits per heavy atom. The van der Waals surface area contributed by atoms with E-state index in [-0.39, 0.29) is 11.8 Å². The van der Waals surface area contributed by atoms with Gasteiger partial charge in [0.25, 0.3) is 11.8 Å². The minimum absolute atomic E-state index is 0.0925. The number of benzene rings is 2. The van der Waals surface area contributed by atoms with Gasteiger partial charge in [0.15, 0.2) is 0 Å². The van der Waals surface area contributed by atoms with E-state index in [0.29, 0.717) is 23.4 Å². The maximum absolute atomic E-state index is 12.5. The summed E-state index contributed by atoms with van der Waals surface area (Å²) in [7, 11) is 1.56. The number of hydrogen-bond donors (Lipinski definition) is 1. The Kier molecular flexibility index (Phi) is 6.12. The molecule has 0 unspecified atom stereocenters. The topological polar surface area (TPSA) is 58.6 Å². The van der Waals surface area contributed by atoms with E-state index in [0.717, 1.165) is 37.1 Å². The highest BCUT2D eigenvalue weighted by atomic mass is 16.5. The van der Waals surface area contributed by atoms with Gasteiger partial charge in [-0.3, -0.25) is 9.59 Å². The van der Waals surface area contributed by atoms with Gasteiger partial charge >= 0.3 is 0 Å². The second kappa shape index (κ2) is 8.71. The van der Waals surface area contributed by atoms with Crippen molar-refractivity contribution in [2.75, 3.05) is 20.2 Å². The molecule has 1 N–H and O–H groups in total. The van der Waals surface area contributed by atoms with E-state index in [2.05, 4.69) is 5.32 Å². The van der Waals surface area contributed by atoms with Gasteiger partial charge in [0.2, 0.25) is 0 Å². The lowest BCUT2D eigenvalue weighted by atomic mass is 10.1. The van der Waals surface area contributed by atoms with Crippen molar-refractivity contribution in [1.29, 1.82) is 0 Å². The van der Waals surface area contributed by atoms with Gasteiger partial charge in [0.05, 0.1) is 12.7 Å². The Morgan fingerprint density at radius 3 is 2.41 bits per heavy atom. The molecule has 0 aromatic heterocycles. The predicted molar refractivity (Wildman–Crippen MR) is 105 cm³/mol. The highest BCUT2D eigenvalue weighted by Crippen LogP contribution is 2.21. The molecule has 1 fully saturated rings. The fourth-order valence-corrected chi connectivity index (χ4v) is 3.42. The van der Waals surface area contributed by atoms with Crippen molar-refractivity contribution < 1.29 is 14.3 Å². The van der Waals surface area contributed by atoms with Crippen LogP contribution in [0.4, 0.5) is 0 Å². The van der Waals surface area contributed by atoms with Crippen LogP contribution in [0, 0.1) is 6.92 Å². The second-order valence-electron chi connectivity index (χ2n) is 6.88. The number of carbonyl (C=O) groups is 2. The average molecular weight is 366 g/mol. The van der Waals surface area contributed by atoms with Crippen LogP contribution in [-0.4, -0.2) is 36.9 Å². The predicted octanol–water partition coefficient (Wildman–Crippen LogP) is 3.56. The van der Waals surface area contributed by atoms with Gasteiger partial charge in [0.1, 0.15) is 5.75 Å². The molecule has 1 aliphatic rings. The van der Waals surface area contributed by atoms with Gasteiger partial charge in [-0.05, 0) is 55.5 Å². The molecule has 2 aromatic rings. The third kappa shape index (κ3) is 4.48. The number of ether oxygens (including phenoxy) is 1. The highest BCUT2D eigenvalue weighted by molar-refractivity contribution is 5.98. The van der Waals surface area contributed by atoms with Crippen molar-refractivity contribution in [3.05, 3.63) is 64.7 Å². The summed E-state index contributed by atoms with van der Waals surface area (Å²) >= 11 is 0. The number of nitrogens with zero attached hydrogens (tertiary/aromatic N) is 1. The normalized spacial score (nSPS) is 13.9. The third-order valence-corrected chi connectivity index (χ3v) is 4.98. The number of methoxy groups -OCH3 is 1. The van der Waals surface area contributed by atoms with Crippen molar-refractivity contribution >= 4 is 11.8 Å². The molecule has 0 saturated carbocycles. The maximum atomic E-state index is 12.5. The molecule has 1 saturated heterocycles. The number of nitrogens with one attached hydrogen (secondary N) is 1. The number of rotatable bonds is 5. The maximum Gasteiger partial charge on any atom is 0.255 e. The Bertz CT molecular complexity index is 809. The minimum Gasteiger partial charge on any atom is -0.496 e. The second-order valence-corrected chi connectivity index (χ2v) is 6.88. The molecule has 27 heavy (non-hydrogen) atoms. The highest BCUT2D eigenvalue weighted by Gasteiger charge is 2.18. The lowest BCUT2D eigenvalue weighted by Gasteiger charge is -2.26. The van der Waals surface area contributed by atoms with Gasteiger partial charge in [-0.25, -0.2) is 0 Å². The smallest absolute Gasteiger partial charge is 0.255 e. The van der Waals surface area contributed by atoms with Crippen LogP contribution in [0.3, 0.4) is 0 Å². The zero-order chi connectivity index (χ0) is 19.2. The minimum atomic E-state index is -0.168. The van der Waals surface area contributed by atoms with Crippen molar-refractivity contribution in [3.63, 3.8) is 0 Å². The van der Waals surface area contributed by atoms with Gasteiger partial charge < -0.3 is 15.0 Å². The Balaban J connectivity index is 1.62. The fourth-order valence-electron chi connectivity index (χ4n) is 3.42. The van der Waals surface area contributed by atoms with E-state index in [4.69, 9.17) is 4.74 Å². The number of carbonyl (C=O) groups excluding carboxylic acids is 2. The first-order chi connectivity index (χ1) is 13.1. The molecule has 3 rings (SSSR count). The Hall–Kier alpha value is -2.82. The van der Waals surface area contributed by atoms with Crippen molar-refractivity contribution in [3.8, 4) is 5.75 Å². The van der Waals surface area contributed by atoms with Crippen LogP contribution in [-0.2, 0) is 6.54 Å². The first-order valence-electron chi connectivity index (χ1n) is 9.40. The summed E-state index contributed by atoms with van der Waals surface area (Å²) in [6.07, 6.45) is 3.37. The molecule has 1 heterocycles. The van der Waals surface area contributed by atoms with E-state index in [1.165, 1.54) is 6.42 Å². The van der Waals surface area contributed by atoms with Gasteiger partial charge in [-0.2, -0.15) is 0 Å². The molecular formula is C22H26N2O3. The largest absolute Gasteiger partial charge is 0.496 e. The van der Waals surface area contributed by atoms with E-state index in [9.17, 15) is 9.59 Å². The zero-order valence-electron chi connectivity index (χ0n) is 16.0. The first kappa shape index (κ1) is 19.0. The number of hydrogen-bond acceptors (Lipinski definition) is 3. The molecule has 5 nitrogen and oxygen atoms in total. The number of aryl methyl sites for hydroxylation is 1. The standard InChI is InChI=1S/C22H26N2O3/c1-16-7-6-8-19(27-2)20(16)21(25)23-15-17-9-11-18(12-10-17)22(26)24-13-4-3-5-14-24/h6-12H,3-5,13-15H2,1-2H3,(H,23,25). The van der Waals surface area contributed by atoms with Crippen LogP contribution < -0.4 is 10.1 Å².